The fraction of sp³-hybridized carbons (Fsp3) is 0.300. The van der Waals surface area contributed by atoms with Crippen LogP contribution in [0.2, 0.25) is 0 Å². The summed E-state index contributed by atoms with van der Waals surface area (Å²) in [5.74, 6) is -0.376. The highest BCUT2D eigenvalue weighted by Crippen LogP contribution is 2.19. The van der Waals surface area contributed by atoms with Gasteiger partial charge in [0.1, 0.15) is 6.04 Å². The molecule has 0 saturated carbocycles. The fourth-order valence-electron chi connectivity index (χ4n) is 2.81. The van der Waals surface area contributed by atoms with Crippen LogP contribution in [0.5, 0.6) is 0 Å². The number of aromatic nitrogens is 1. The second kappa shape index (κ2) is 8.19. The lowest BCUT2D eigenvalue weighted by Gasteiger charge is -2.20. The summed E-state index contributed by atoms with van der Waals surface area (Å²) in [7, 11) is 0. The largest absolute Gasteiger partial charge is 0.361 e. The van der Waals surface area contributed by atoms with Crippen molar-refractivity contribution in [2.75, 3.05) is 0 Å². The molecule has 2 unspecified atom stereocenters. The Labute approximate surface area is 156 Å². The van der Waals surface area contributed by atoms with Gasteiger partial charge in [-0.2, -0.15) is 0 Å². The first-order valence-corrected chi connectivity index (χ1v) is 9.66. The monoisotopic (exact) mass is 369 g/mol. The zero-order valence-corrected chi connectivity index (χ0v) is 15.7. The van der Waals surface area contributed by atoms with Crippen molar-refractivity contribution in [3.05, 3.63) is 58.4 Å². The molecule has 3 N–H and O–H groups in total. The molecule has 0 bridgehead atoms. The Hall–Kier alpha value is -2.60. The number of amides is 2. The van der Waals surface area contributed by atoms with Crippen molar-refractivity contribution in [2.24, 2.45) is 0 Å². The van der Waals surface area contributed by atoms with Crippen molar-refractivity contribution in [3.63, 3.8) is 0 Å². The molecule has 0 aliphatic heterocycles. The van der Waals surface area contributed by atoms with Crippen LogP contribution in [0.3, 0.4) is 0 Å². The zero-order chi connectivity index (χ0) is 18.5. The summed E-state index contributed by atoms with van der Waals surface area (Å²) in [6.07, 6.45) is 3.18. The van der Waals surface area contributed by atoms with E-state index in [9.17, 15) is 9.59 Å². The quantitative estimate of drug-likeness (QED) is 0.596. The number of thiophene rings is 1. The van der Waals surface area contributed by atoms with Crippen LogP contribution in [0, 0.1) is 0 Å². The van der Waals surface area contributed by atoms with Gasteiger partial charge in [0.05, 0.1) is 4.88 Å². The van der Waals surface area contributed by atoms with Crippen LogP contribution in [0.15, 0.2) is 48.0 Å². The van der Waals surface area contributed by atoms with E-state index in [4.69, 9.17) is 0 Å². The Morgan fingerprint density at radius 2 is 1.96 bits per heavy atom. The molecular weight excluding hydrogens is 346 g/mol. The maximum absolute atomic E-state index is 12.7. The highest BCUT2D eigenvalue weighted by atomic mass is 32.1. The van der Waals surface area contributed by atoms with Crippen molar-refractivity contribution < 1.29 is 9.59 Å². The molecule has 3 aromatic rings. The molecule has 2 heterocycles. The first-order valence-electron chi connectivity index (χ1n) is 8.78. The third-order valence-corrected chi connectivity index (χ3v) is 5.34. The Bertz CT molecular complexity index is 885. The van der Waals surface area contributed by atoms with Crippen LogP contribution in [0.4, 0.5) is 0 Å². The van der Waals surface area contributed by atoms with Gasteiger partial charge in [-0.15, -0.1) is 11.3 Å². The number of aromatic amines is 1. The lowest BCUT2D eigenvalue weighted by atomic mass is 10.0. The van der Waals surface area contributed by atoms with Crippen LogP contribution in [-0.4, -0.2) is 28.9 Å². The molecule has 2 atom stereocenters. The smallest absolute Gasteiger partial charge is 0.262 e. The van der Waals surface area contributed by atoms with Crippen molar-refractivity contribution in [2.45, 2.75) is 38.8 Å². The second-order valence-corrected chi connectivity index (χ2v) is 7.33. The SMILES string of the molecule is CCC(C)NC(=O)C(Cc1c[nH]c2ccccc12)NC(=O)c1cccs1. The number of rotatable bonds is 7. The van der Waals surface area contributed by atoms with Crippen LogP contribution < -0.4 is 10.6 Å². The lowest BCUT2D eigenvalue weighted by Crippen LogP contribution is -2.50. The summed E-state index contributed by atoms with van der Waals surface area (Å²) in [6.45, 7) is 3.98. The Morgan fingerprint density at radius 1 is 1.15 bits per heavy atom. The van der Waals surface area contributed by atoms with E-state index in [1.165, 1.54) is 11.3 Å². The van der Waals surface area contributed by atoms with E-state index in [0.29, 0.717) is 11.3 Å². The summed E-state index contributed by atoms with van der Waals surface area (Å²) < 4.78 is 0. The van der Waals surface area contributed by atoms with Crippen molar-refractivity contribution in [3.8, 4) is 0 Å². The molecule has 3 rings (SSSR count). The van der Waals surface area contributed by atoms with E-state index < -0.39 is 6.04 Å². The highest BCUT2D eigenvalue weighted by molar-refractivity contribution is 7.12. The summed E-state index contributed by atoms with van der Waals surface area (Å²) in [6, 6.07) is 11.0. The first-order chi connectivity index (χ1) is 12.6. The lowest BCUT2D eigenvalue weighted by molar-refractivity contribution is -0.123. The molecule has 0 radical (unpaired) electrons. The van der Waals surface area contributed by atoms with E-state index in [1.807, 2.05) is 55.8 Å². The fourth-order valence-corrected chi connectivity index (χ4v) is 3.44. The third-order valence-electron chi connectivity index (χ3n) is 4.47. The number of carbonyl (C=O) groups is 2. The van der Waals surface area contributed by atoms with Gasteiger partial charge in [0, 0.05) is 29.6 Å². The number of nitrogens with one attached hydrogen (secondary N) is 3. The second-order valence-electron chi connectivity index (χ2n) is 6.38. The number of hydrogen-bond acceptors (Lipinski definition) is 3. The van der Waals surface area contributed by atoms with E-state index in [0.717, 1.165) is 22.9 Å². The molecular formula is C20H23N3O2S. The van der Waals surface area contributed by atoms with E-state index in [1.54, 1.807) is 6.07 Å². The Balaban J connectivity index is 1.82. The molecule has 0 aliphatic rings. The summed E-state index contributed by atoms with van der Waals surface area (Å²) in [5.41, 5.74) is 2.03. The van der Waals surface area contributed by atoms with Gasteiger partial charge < -0.3 is 15.6 Å². The number of carbonyl (C=O) groups excluding carboxylic acids is 2. The number of benzene rings is 1. The minimum absolute atomic E-state index is 0.0617. The number of hydrogen-bond donors (Lipinski definition) is 3. The topological polar surface area (TPSA) is 74.0 Å². The number of fused-ring (bicyclic) bond motifs is 1. The predicted octanol–water partition coefficient (Wildman–Crippen LogP) is 3.49. The first kappa shape index (κ1) is 18.2. The van der Waals surface area contributed by atoms with Crippen LogP contribution in [-0.2, 0) is 11.2 Å². The Kier molecular flexibility index (Phi) is 5.73. The normalized spacial score (nSPS) is 13.3. The third kappa shape index (κ3) is 4.14. The van der Waals surface area contributed by atoms with Crippen LogP contribution in [0.25, 0.3) is 10.9 Å². The minimum atomic E-state index is -0.627. The highest BCUT2D eigenvalue weighted by Gasteiger charge is 2.24. The van der Waals surface area contributed by atoms with Gasteiger partial charge in [-0.3, -0.25) is 9.59 Å². The standard InChI is InChI=1S/C20H23N3O2S/c1-3-13(2)22-19(24)17(23-20(25)18-9-6-10-26-18)11-14-12-21-16-8-5-4-7-15(14)16/h4-10,12-13,17,21H,3,11H2,1-2H3,(H,22,24)(H,23,25). The molecule has 0 spiro atoms. The van der Waals surface area contributed by atoms with Crippen LogP contribution >= 0.6 is 11.3 Å². The molecule has 2 aromatic heterocycles. The maximum Gasteiger partial charge on any atom is 0.262 e. The average molecular weight is 369 g/mol. The molecule has 26 heavy (non-hydrogen) atoms. The molecule has 5 nitrogen and oxygen atoms in total. The molecule has 0 aliphatic carbocycles. The molecule has 136 valence electrons. The summed E-state index contributed by atoms with van der Waals surface area (Å²) in [5, 5.41) is 8.80. The minimum Gasteiger partial charge on any atom is -0.361 e. The Morgan fingerprint density at radius 3 is 2.69 bits per heavy atom. The van der Waals surface area contributed by atoms with Gasteiger partial charge >= 0.3 is 0 Å². The van der Waals surface area contributed by atoms with Gasteiger partial charge in [0.15, 0.2) is 0 Å². The summed E-state index contributed by atoms with van der Waals surface area (Å²) in [4.78, 5) is 29.1. The zero-order valence-electron chi connectivity index (χ0n) is 14.9. The molecule has 6 heteroatoms. The van der Waals surface area contributed by atoms with Gasteiger partial charge in [-0.25, -0.2) is 0 Å². The van der Waals surface area contributed by atoms with Gasteiger partial charge in [-0.1, -0.05) is 31.2 Å². The van der Waals surface area contributed by atoms with Crippen LogP contribution in [0.1, 0.15) is 35.5 Å². The molecule has 0 saturated heterocycles. The predicted molar refractivity (Wildman–Crippen MR) is 105 cm³/mol. The average Bonchev–Trinajstić information content (AvgIpc) is 3.31. The maximum atomic E-state index is 12.7. The van der Waals surface area contributed by atoms with Gasteiger partial charge in [-0.05, 0) is 36.4 Å². The van der Waals surface area contributed by atoms with E-state index in [-0.39, 0.29) is 17.9 Å². The summed E-state index contributed by atoms with van der Waals surface area (Å²) >= 11 is 1.36. The van der Waals surface area contributed by atoms with Gasteiger partial charge in [0.2, 0.25) is 5.91 Å². The molecule has 2 amide bonds. The van der Waals surface area contributed by atoms with Gasteiger partial charge in [0.25, 0.3) is 5.91 Å². The van der Waals surface area contributed by atoms with Crippen molar-refractivity contribution in [1.29, 1.82) is 0 Å². The number of para-hydroxylation sites is 1. The molecule has 0 fully saturated rings. The van der Waals surface area contributed by atoms with Crippen molar-refractivity contribution >= 4 is 34.1 Å². The van der Waals surface area contributed by atoms with E-state index in [2.05, 4.69) is 15.6 Å². The van der Waals surface area contributed by atoms with E-state index >= 15 is 0 Å². The van der Waals surface area contributed by atoms with Crippen molar-refractivity contribution in [1.82, 2.24) is 15.6 Å². The number of H-pyrrole nitrogens is 1. The molecule has 1 aromatic carbocycles.